The molecule has 2 aromatic carbocycles. The van der Waals surface area contributed by atoms with Gasteiger partial charge in [-0.3, -0.25) is 0 Å². The average Bonchev–Trinajstić information content (AvgIpc) is 2.93. The molecule has 3 rings (SSSR count). The second-order valence-corrected chi connectivity index (χ2v) is 5.50. The van der Waals surface area contributed by atoms with Gasteiger partial charge in [0.05, 0.1) is 0 Å². The molecule has 0 aliphatic heterocycles. The fourth-order valence-corrected chi connectivity index (χ4v) is 2.84. The van der Waals surface area contributed by atoms with E-state index in [2.05, 4.69) is 66.8 Å². The van der Waals surface area contributed by atoms with Crippen molar-refractivity contribution in [2.75, 3.05) is 7.05 Å². The number of hydrogen-bond acceptors (Lipinski definition) is 2. The Kier molecular flexibility index (Phi) is 4.07. The van der Waals surface area contributed by atoms with E-state index in [0.29, 0.717) is 6.04 Å². The standard InChI is InChI=1S/C19H21NO/c1-14-7-6-10-16-13-17(21-19(14)16)11-12-18(20-2)15-8-4-3-5-9-15/h3-10,13,18,20H,11-12H2,1-2H3. The number of fused-ring (bicyclic) bond motifs is 1. The number of nitrogens with one attached hydrogen (secondary N) is 1. The van der Waals surface area contributed by atoms with Crippen LogP contribution in [0.3, 0.4) is 0 Å². The number of furan rings is 1. The number of benzene rings is 2. The van der Waals surface area contributed by atoms with Gasteiger partial charge in [-0.2, -0.15) is 0 Å². The molecule has 0 spiro atoms. The Labute approximate surface area is 125 Å². The van der Waals surface area contributed by atoms with Crippen LogP contribution in [0.4, 0.5) is 0 Å². The van der Waals surface area contributed by atoms with E-state index in [4.69, 9.17) is 4.42 Å². The van der Waals surface area contributed by atoms with Crippen molar-refractivity contribution < 1.29 is 4.42 Å². The monoisotopic (exact) mass is 279 g/mol. The molecule has 0 saturated carbocycles. The number of hydrogen-bond donors (Lipinski definition) is 1. The summed E-state index contributed by atoms with van der Waals surface area (Å²) in [5, 5.41) is 4.59. The summed E-state index contributed by atoms with van der Waals surface area (Å²) in [6, 6.07) is 19.4. The van der Waals surface area contributed by atoms with E-state index in [-0.39, 0.29) is 0 Å². The highest BCUT2D eigenvalue weighted by atomic mass is 16.3. The smallest absolute Gasteiger partial charge is 0.137 e. The second-order valence-electron chi connectivity index (χ2n) is 5.50. The maximum atomic E-state index is 6.00. The SMILES string of the molecule is CNC(CCc1cc2cccc(C)c2o1)c1ccccc1. The Hall–Kier alpha value is -2.06. The van der Waals surface area contributed by atoms with Gasteiger partial charge < -0.3 is 9.73 Å². The number of rotatable bonds is 5. The summed E-state index contributed by atoms with van der Waals surface area (Å²) in [4.78, 5) is 0. The summed E-state index contributed by atoms with van der Waals surface area (Å²) < 4.78 is 6.00. The predicted molar refractivity (Wildman–Crippen MR) is 87.5 cm³/mol. The van der Waals surface area contributed by atoms with Crippen molar-refractivity contribution in [1.29, 1.82) is 0 Å². The molecular formula is C19H21NO. The molecule has 3 aromatic rings. The van der Waals surface area contributed by atoms with Gasteiger partial charge in [0.2, 0.25) is 0 Å². The number of aryl methyl sites for hydroxylation is 2. The summed E-state index contributed by atoms with van der Waals surface area (Å²) in [7, 11) is 2.01. The molecule has 0 aliphatic rings. The maximum Gasteiger partial charge on any atom is 0.137 e. The first-order chi connectivity index (χ1) is 10.3. The normalized spacial score (nSPS) is 12.7. The average molecular weight is 279 g/mol. The van der Waals surface area contributed by atoms with Crippen LogP contribution in [0, 0.1) is 6.92 Å². The molecule has 0 radical (unpaired) electrons. The van der Waals surface area contributed by atoms with Crippen molar-refractivity contribution >= 4 is 11.0 Å². The van der Waals surface area contributed by atoms with Crippen molar-refractivity contribution in [3.63, 3.8) is 0 Å². The van der Waals surface area contributed by atoms with Crippen LogP contribution >= 0.6 is 0 Å². The minimum atomic E-state index is 0.362. The zero-order valence-corrected chi connectivity index (χ0v) is 12.6. The van der Waals surface area contributed by atoms with Crippen LogP contribution in [-0.2, 0) is 6.42 Å². The fraction of sp³-hybridized carbons (Fsp3) is 0.263. The lowest BCUT2D eigenvalue weighted by molar-refractivity contribution is 0.489. The molecule has 2 nitrogen and oxygen atoms in total. The summed E-state index contributed by atoms with van der Waals surface area (Å²) >= 11 is 0. The molecule has 1 heterocycles. The van der Waals surface area contributed by atoms with Crippen LogP contribution in [0.15, 0.2) is 59.0 Å². The van der Waals surface area contributed by atoms with Crippen LogP contribution in [0.5, 0.6) is 0 Å². The molecule has 0 saturated heterocycles. The summed E-state index contributed by atoms with van der Waals surface area (Å²) in [5.41, 5.74) is 3.55. The first-order valence-electron chi connectivity index (χ1n) is 7.48. The van der Waals surface area contributed by atoms with Gasteiger partial charge in [-0.25, -0.2) is 0 Å². The van der Waals surface area contributed by atoms with Crippen molar-refractivity contribution in [3.8, 4) is 0 Å². The molecule has 1 atom stereocenters. The third-order valence-corrected chi connectivity index (χ3v) is 4.02. The van der Waals surface area contributed by atoms with Crippen LogP contribution in [-0.4, -0.2) is 7.05 Å². The van der Waals surface area contributed by atoms with Gasteiger partial charge in [0, 0.05) is 17.8 Å². The van der Waals surface area contributed by atoms with Crippen molar-refractivity contribution in [2.24, 2.45) is 0 Å². The maximum absolute atomic E-state index is 6.00. The van der Waals surface area contributed by atoms with Crippen molar-refractivity contribution in [3.05, 3.63) is 71.5 Å². The van der Waals surface area contributed by atoms with E-state index < -0.39 is 0 Å². The topological polar surface area (TPSA) is 25.2 Å². The Morgan fingerprint density at radius 3 is 2.57 bits per heavy atom. The summed E-state index contributed by atoms with van der Waals surface area (Å²) in [5.74, 6) is 1.07. The van der Waals surface area contributed by atoms with E-state index in [1.165, 1.54) is 16.5 Å². The molecule has 1 unspecified atom stereocenters. The van der Waals surface area contributed by atoms with Gasteiger partial charge in [-0.1, -0.05) is 48.5 Å². The molecule has 0 fully saturated rings. The lowest BCUT2D eigenvalue weighted by atomic mass is 10.0. The van der Waals surface area contributed by atoms with Crippen LogP contribution < -0.4 is 5.32 Å². The lowest BCUT2D eigenvalue weighted by Crippen LogP contribution is -2.16. The first kappa shape index (κ1) is 13.9. The zero-order chi connectivity index (χ0) is 14.7. The van der Waals surface area contributed by atoms with Gasteiger partial charge in [0.1, 0.15) is 11.3 Å². The Morgan fingerprint density at radius 2 is 1.86 bits per heavy atom. The minimum Gasteiger partial charge on any atom is -0.461 e. The minimum absolute atomic E-state index is 0.362. The predicted octanol–water partition coefficient (Wildman–Crippen LogP) is 4.63. The van der Waals surface area contributed by atoms with Crippen LogP contribution in [0.2, 0.25) is 0 Å². The van der Waals surface area contributed by atoms with E-state index in [0.717, 1.165) is 24.2 Å². The van der Waals surface area contributed by atoms with Gasteiger partial charge >= 0.3 is 0 Å². The fourth-order valence-electron chi connectivity index (χ4n) is 2.84. The molecule has 0 bridgehead atoms. The number of para-hydroxylation sites is 1. The van der Waals surface area contributed by atoms with Gasteiger partial charge in [0.25, 0.3) is 0 Å². The molecule has 0 amide bonds. The second kappa shape index (κ2) is 6.15. The molecule has 1 N–H and O–H groups in total. The Bertz CT molecular complexity index is 715. The van der Waals surface area contributed by atoms with E-state index in [9.17, 15) is 0 Å². The highest BCUT2D eigenvalue weighted by Crippen LogP contribution is 2.25. The molecule has 1 aromatic heterocycles. The van der Waals surface area contributed by atoms with E-state index in [1.807, 2.05) is 7.05 Å². The third-order valence-electron chi connectivity index (χ3n) is 4.02. The zero-order valence-electron chi connectivity index (χ0n) is 12.6. The highest BCUT2D eigenvalue weighted by molar-refractivity contribution is 5.80. The molecular weight excluding hydrogens is 258 g/mol. The van der Waals surface area contributed by atoms with E-state index >= 15 is 0 Å². The van der Waals surface area contributed by atoms with Gasteiger partial charge in [0.15, 0.2) is 0 Å². The Morgan fingerprint density at radius 1 is 1.05 bits per heavy atom. The highest BCUT2D eigenvalue weighted by Gasteiger charge is 2.11. The Balaban J connectivity index is 1.75. The van der Waals surface area contributed by atoms with Crippen molar-refractivity contribution in [2.45, 2.75) is 25.8 Å². The van der Waals surface area contributed by atoms with E-state index in [1.54, 1.807) is 0 Å². The first-order valence-corrected chi connectivity index (χ1v) is 7.48. The quantitative estimate of drug-likeness (QED) is 0.736. The molecule has 108 valence electrons. The largest absolute Gasteiger partial charge is 0.461 e. The molecule has 21 heavy (non-hydrogen) atoms. The summed E-state index contributed by atoms with van der Waals surface area (Å²) in [6.07, 6.45) is 1.97. The van der Waals surface area contributed by atoms with Crippen LogP contribution in [0.25, 0.3) is 11.0 Å². The third kappa shape index (κ3) is 3.01. The molecule has 0 aliphatic carbocycles. The van der Waals surface area contributed by atoms with Crippen molar-refractivity contribution in [1.82, 2.24) is 5.32 Å². The van der Waals surface area contributed by atoms with Gasteiger partial charge in [-0.15, -0.1) is 0 Å². The van der Waals surface area contributed by atoms with Gasteiger partial charge in [-0.05, 0) is 37.6 Å². The summed E-state index contributed by atoms with van der Waals surface area (Å²) in [6.45, 7) is 2.09. The molecule has 2 heteroatoms. The van der Waals surface area contributed by atoms with Crippen LogP contribution in [0.1, 0.15) is 29.3 Å². The lowest BCUT2D eigenvalue weighted by Gasteiger charge is -2.15.